The van der Waals surface area contributed by atoms with E-state index < -0.39 is 0 Å². The lowest BCUT2D eigenvalue weighted by Crippen LogP contribution is -2.37. The maximum atomic E-state index is 9.44. The van der Waals surface area contributed by atoms with E-state index in [0.717, 1.165) is 17.9 Å². The molecule has 1 aromatic rings. The molecule has 4 heteroatoms. The van der Waals surface area contributed by atoms with Crippen LogP contribution in [0.15, 0.2) is 48.1 Å². The van der Waals surface area contributed by atoms with Crippen molar-refractivity contribution in [1.29, 1.82) is 0 Å². The minimum atomic E-state index is -0.217. The summed E-state index contributed by atoms with van der Waals surface area (Å²) in [5.74, 6) is 0.831. The van der Waals surface area contributed by atoms with Crippen LogP contribution in [0.5, 0.6) is 5.75 Å². The zero-order valence-electron chi connectivity index (χ0n) is 14.5. The highest BCUT2D eigenvalue weighted by Crippen LogP contribution is 2.29. The molecule has 1 aliphatic carbocycles. The molecule has 2 unspecified atom stereocenters. The normalized spacial score (nSPS) is 21.7. The maximum absolute atomic E-state index is 9.44. The largest absolute Gasteiger partial charge is 0.497 e. The van der Waals surface area contributed by atoms with Crippen molar-refractivity contribution in [2.75, 3.05) is 32.3 Å². The van der Waals surface area contributed by atoms with E-state index in [1.54, 1.807) is 14.2 Å². The highest BCUT2D eigenvalue weighted by atomic mass is 16.5. The van der Waals surface area contributed by atoms with Gasteiger partial charge >= 0.3 is 0 Å². The Kier molecular flexibility index (Phi) is 5.85. The summed E-state index contributed by atoms with van der Waals surface area (Å²) in [5.41, 5.74) is 2.09. The molecule has 126 valence electrons. The van der Waals surface area contributed by atoms with Gasteiger partial charge in [0.05, 0.1) is 25.4 Å². The van der Waals surface area contributed by atoms with Crippen molar-refractivity contribution in [3.05, 3.63) is 48.1 Å². The minimum absolute atomic E-state index is 0.114. The lowest BCUT2D eigenvalue weighted by atomic mass is 9.90. The highest BCUT2D eigenvalue weighted by molar-refractivity contribution is 5.52. The van der Waals surface area contributed by atoms with Crippen molar-refractivity contribution in [3.8, 4) is 5.75 Å². The average Bonchev–Trinajstić information content (AvgIpc) is 2.60. The fraction of sp³-hybridized carbons (Fsp3) is 0.474. The topological polar surface area (TPSA) is 41.9 Å². The molecule has 4 nitrogen and oxygen atoms in total. The number of benzene rings is 1. The molecule has 0 radical (unpaired) electrons. The van der Waals surface area contributed by atoms with Crippen LogP contribution in [0.4, 0.5) is 5.69 Å². The Hall–Kier alpha value is -1.78. The fourth-order valence-electron chi connectivity index (χ4n) is 2.80. The molecule has 1 aliphatic rings. The predicted octanol–water partition coefficient (Wildman–Crippen LogP) is 3.17. The summed E-state index contributed by atoms with van der Waals surface area (Å²) in [6, 6.07) is 8.11. The van der Waals surface area contributed by atoms with Gasteiger partial charge in [-0.25, -0.2) is 0 Å². The second-order valence-electron chi connectivity index (χ2n) is 6.05. The first kappa shape index (κ1) is 17.6. The first-order chi connectivity index (χ1) is 11.0. The number of anilines is 1. The van der Waals surface area contributed by atoms with Gasteiger partial charge in [0.15, 0.2) is 0 Å². The lowest BCUT2D eigenvalue weighted by Gasteiger charge is -2.34. The number of nitrogens with zero attached hydrogens (tertiary/aromatic N) is 1. The molecule has 0 saturated carbocycles. The molecule has 2 rings (SSSR count). The number of methoxy groups -OCH3 is 2. The van der Waals surface area contributed by atoms with Gasteiger partial charge in [0.2, 0.25) is 0 Å². The number of hydrogen-bond acceptors (Lipinski definition) is 4. The molecule has 0 aromatic heterocycles. The van der Waals surface area contributed by atoms with E-state index in [1.165, 1.54) is 5.57 Å². The second-order valence-corrected chi connectivity index (χ2v) is 6.05. The second kappa shape index (κ2) is 7.66. The van der Waals surface area contributed by atoms with E-state index in [9.17, 15) is 5.11 Å². The number of aliphatic hydroxyl groups excluding tert-OH is 1. The molecular formula is C19H27NO3. The first-order valence-electron chi connectivity index (χ1n) is 7.99. The standard InChI is InChI=1S/C19H27NO3/c1-15(16-9-11-19(2,23-4)12-10-16)20(13-14-21)17-5-7-18(22-3)8-6-17/h5-11,15,21H,12-14H2,1-4H3. The SMILES string of the molecule is COc1ccc(N(CCO)C(C)C2=CCC(C)(OC)C=C2)cc1. The van der Waals surface area contributed by atoms with Crippen molar-refractivity contribution in [2.24, 2.45) is 0 Å². The monoisotopic (exact) mass is 317 g/mol. The molecule has 1 N–H and O–H groups in total. The smallest absolute Gasteiger partial charge is 0.119 e. The predicted molar refractivity (Wildman–Crippen MR) is 94.1 cm³/mol. The maximum Gasteiger partial charge on any atom is 0.119 e. The van der Waals surface area contributed by atoms with Gasteiger partial charge in [-0.1, -0.05) is 18.2 Å². The lowest BCUT2D eigenvalue weighted by molar-refractivity contribution is 0.0501. The van der Waals surface area contributed by atoms with Crippen molar-refractivity contribution in [1.82, 2.24) is 0 Å². The molecule has 0 aliphatic heterocycles. The Labute approximate surface area is 139 Å². The molecule has 0 fully saturated rings. The first-order valence-corrected chi connectivity index (χ1v) is 7.99. The third-order valence-electron chi connectivity index (χ3n) is 4.53. The summed E-state index contributed by atoms with van der Waals surface area (Å²) in [5, 5.41) is 9.44. The summed E-state index contributed by atoms with van der Waals surface area (Å²) < 4.78 is 10.7. The van der Waals surface area contributed by atoms with Crippen molar-refractivity contribution in [3.63, 3.8) is 0 Å². The van der Waals surface area contributed by atoms with E-state index in [1.807, 2.05) is 24.3 Å². The van der Waals surface area contributed by atoms with Gasteiger partial charge in [0.1, 0.15) is 5.75 Å². The molecule has 1 aromatic carbocycles. The molecule has 0 heterocycles. The average molecular weight is 317 g/mol. The van der Waals surface area contributed by atoms with E-state index in [4.69, 9.17) is 9.47 Å². The molecule has 0 bridgehead atoms. The van der Waals surface area contributed by atoms with Gasteiger partial charge in [-0.3, -0.25) is 0 Å². The summed E-state index contributed by atoms with van der Waals surface area (Å²) >= 11 is 0. The van der Waals surface area contributed by atoms with Gasteiger partial charge in [0.25, 0.3) is 0 Å². The Morgan fingerprint density at radius 1 is 1.26 bits per heavy atom. The fourth-order valence-corrected chi connectivity index (χ4v) is 2.80. The van der Waals surface area contributed by atoms with Crippen LogP contribution in [0.2, 0.25) is 0 Å². The summed E-state index contributed by atoms with van der Waals surface area (Å²) in [6.45, 7) is 4.94. The Bertz CT molecular complexity index is 564. The highest BCUT2D eigenvalue weighted by Gasteiger charge is 2.25. The van der Waals surface area contributed by atoms with Crippen LogP contribution in [0, 0.1) is 0 Å². The van der Waals surface area contributed by atoms with Gasteiger partial charge < -0.3 is 19.5 Å². The van der Waals surface area contributed by atoms with Crippen LogP contribution < -0.4 is 9.64 Å². The van der Waals surface area contributed by atoms with Crippen LogP contribution in [-0.2, 0) is 4.74 Å². The van der Waals surface area contributed by atoms with Crippen LogP contribution in [0.3, 0.4) is 0 Å². The van der Waals surface area contributed by atoms with E-state index in [-0.39, 0.29) is 18.2 Å². The van der Waals surface area contributed by atoms with Gasteiger partial charge in [-0.05, 0) is 50.1 Å². The third kappa shape index (κ3) is 4.15. The number of rotatable bonds is 7. The number of ether oxygens (including phenoxy) is 2. The third-order valence-corrected chi connectivity index (χ3v) is 4.53. The van der Waals surface area contributed by atoms with Crippen LogP contribution >= 0.6 is 0 Å². The Morgan fingerprint density at radius 3 is 2.43 bits per heavy atom. The zero-order valence-corrected chi connectivity index (χ0v) is 14.5. The van der Waals surface area contributed by atoms with Crippen molar-refractivity contribution >= 4 is 5.69 Å². The molecule has 0 saturated heterocycles. The molecular weight excluding hydrogens is 290 g/mol. The summed E-state index contributed by atoms with van der Waals surface area (Å²) in [6.07, 6.45) is 7.33. The van der Waals surface area contributed by atoms with E-state index in [0.29, 0.717) is 6.54 Å². The number of aliphatic hydroxyl groups is 1. The van der Waals surface area contributed by atoms with E-state index in [2.05, 4.69) is 37.0 Å². The Balaban J connectivity index is 2.18. The minimum Gasteiger partial charge on any atom is -0.497 e. The van der Waals surface area contributed by atoms with Gasteiger partial charge in [-0.2, -0.15) is 0 Å². The van der Waals surface area contributed by atoms with Crippen molar-refractivity contribution in [2.45, 2.75) is 31.9 Å². The summed E-state index contributed by atoms with van der Waals surface area (Å²) in [4.78, 5) is 2.20. The molecule has 0 spiro atoms. The number of hydrogen-bond donors (Lipinski definition) is 1. The summed E-state index contributed by atoms with van der Waals surface area (Å²) in [7, 11) is 3.40. The van der Waals surface area contributed by atoms with Gasteiger partial charge in [-0.15, -0.1) is 0 Å². The molecule has 0 amide bonds. The quantitative estimate of drug-likeness (QED) is 0.839. The zero-order chi connectivity index (χ0) is 16.9. The Morgan fingerprint density at radius 2 is 1.96 bits per heavy atom. The van der Waals surface area contributed by atoms with Crippen LogP contribution in [0.25, 0.3) is 0 Å². The van der Waals surface area contributed by atoms with Gasteiger partial charge in [0, 0.05) is 19.3 Å². The van der Waals surface area contributed by atoms with E-state index >= 15 is 0 Å². The molecule has 23 heavy (non-hydrogen) atoms. The van der Waals surface area contributed by atoms with Crippen molar-refractivity contribution < 1.29 is 14.6 Å². The van der Waals surface area contributed by atoms with Crippen LogP contribution in [-0.4, -0.2) is 44.1 Å². The molecule has 2 atom stereocenters. The van der Waals surface area contributed by atoms with Crippen LogP contribution in [0.1, 0.15) is 20.3 Å².